The highest BCUT2D eigenvalue weighted by Crippen LogP contribution is 2.46. The second-order valence-electron chi connectivity index (χ2n) is 5.53. The van der Waals surface area contributed by atoms with Crippen molar-refractivity contribution in [2.75, 3.05) is 0 Å². The number of allylic oxidation sites excluding steroid dienone is 4. The van der Waals surface area contributed by atoms with Crippen molar-refractivity contribution in [3.05, 3.63) is 83.7 Å². The maximum Gasteiger partial charge on any atom is 0.175 e. The molecule has 2 aliphatic rings. The largest absolute Gasteiger partial charge is 0.293 e. The fourth-order valence-corrected chi connectivity index (χ4v) is 5.37. The number of halogens is 3. The molecule has 0 saturated carbocycles. The quantitative estimate of drug-likeness (QED) is 0.661. The van der Waals surface area contributed by atoms with E-state index in [0.29, 0.717) is 4.90 Å². The Morgan fingerprint density at radius 1 is 0.875 bits per heavy atom. The van der Waals surface area contributed by atoms with Crippen LogP contribution in [0.5, 0.6) is 0 Å². The first-order valence-corrected chi connectivity index (χ1v) is 8.53. The molecule has 1 aliphatic heterocycles. The van der Waals surface area contributed by atoms with Crippen molar-refractivity contribution in [2.45, 2.75) is 9.79 Å². The SMILES string of the molecule is O=C1c2cc(F)ccc2S(c2ccc(F)cc2)=C2C=CC(F)=CC12. The van der Waals surface area contributed by atoms with Crippen LogP contribution in [0.4, 0.5) is 13.2 Å². The molecule has 0 fully saturated rings. The molecule has 1 aliphatic carbocycles. The number of ketones is 1. The van der Waals surface area contributed by atoms with E-state index in [1.54, 1.807) is 24.3 Å². The molecule has 2 aromatic carbocycles. The van der Waals surface area contributed by atoms with Gasteiger partial charge in [-0.05, 0) is 65.6 Å². The zero-order valence-corrected chi connectivity index (χ0v) is 13.1. The number of benzene rings is 2. The molecule has 0 saturated heterocycles. The van der Waals surface area contributed by atoms with Crippen LogP contribution in [0.1, 0.15) is 10.4 Å². The highest BCUT2D eigenvalue weighted by Gasteiger charge is 2.34. The minimum Gasteiger partial charge on any atom is -0.293 e. The van der Waals surface area contributed by atoms with E-state index in [-0.39, 0.29) is 17.2 Å². The highest BCUT2D eigenvalue weighted by atomic mass is 32.2. The number of Topliss-reactive ketones (excluding diaryl/α,β-unsaturated/α-hetero) is 1. The Morgan fingerprint density at radius 3 is 2.33 bits per heavy atom. The molecule has 2 unspecified atom stereocenters. The molecule has 0 N–H and O–H groups in total. The van der Waals surface area contributed by atoms with Crippen molar-refractivity contribution in [3.8, 4) is 0 Å². The van der Waals surface area contributed by atoms with E-state index in [2.05, 4.69) is 0 Å². The molecular formula is C19H11F3OS. The number of rotatable bonds is 1. The number of hydrogen-bond acceptors (Lipinski definition) is 1. The normalized spacial score (nSPS) is 22.0. The lowest BCUT2D eigenvalue weighted by Crippen LogP contribution is -2.27. The first kappa shape index (κ1) is 15.1. The summed E-state index contributed by atoms with van der Waals surface area (Å²) in [4.78, 5) is 14.9. The predicted molar refractivity (Wildman–Crippen MR) is 88.1 cm³/mol. The maximum atomic E-state index is 13.7. The van der Waals surface area contributed by atoms with Crippen LogP contribution in [0, 0.1) is 17.6 Å². The highest BCUT2D eigenvalue weighted by molar-refractivity contribution is 8.16. The topological polar surface area (TPSA) is 17.1 Å². The van der Waals surface area contributed by atoms with Gasteiger partial charge in [0.2, 0.25) is 0 Å². The van der Waals surface area contributed by atoms with Crippen LogP contribution in [0.15, 0.2) is 76.3 Å². The van der Waals surface area contributed by atoms with Gasteiger partial charge in [0.25, 0.3) is 0 Å². The van der Waals surface area contributed by atoms with E-state index in [0.717, 1.165) is 9.76 Å². The van der Waals surface area contributed by atoms with Crippen LogP contribution < -0.4 is 0 Å². The minimum absolute atomic E-state index is 0.260. The average Bonchev–Trinajstić information content (AvgIpc) is 2.57. The van der Waals surface area contributed by atoms with Gasteiger partial charge in [0, 0.05) is 15.4 Å². The van der Waals surface area contributed by atoms with Crippen LogP contribution in [0.3, 0.4) is 0 Å². The van der Waals surface area contributed by atoms with Gasteiger partial charge in [-0.25, -0.2) is 13.2 Å². The average molecular weight is 344 g/mol. The van der Waals surface area contributed by atoms with Crippen molar-refractivity contribution in [1.82, 2.24) is 0 Å². The van der Waals surface area contributed by atoms with Gasteiger partial charge >= 0.3 is 0 Å². The van der Waals surface area contributed by atoms with E-state index in [4.69, 9.17) is 0 Å². The van der Waals surface area contributed by atoms with E-state index in [1.165, 1.54) is 36.4 Å². The molecule has 120 valence electrons. The van der Waals surface area contributed by atoms with Gasteiger partial charge in [0.05, 0.1) is 5.92 Å². The summed E-state index contributed by atoms with van der Waals surface area (Å²) in [6, 6.07) is 10.1. The molecule has 0 spiro atoms. The zero-order valence-electron chi connectivity index (χ0n) is 12.3. The third-order valence-electron chi connectivity index (χ3n) is 4.03. The van der Waals surface area contributed by atoms with Crippen molar-refractivity contribution in [1.29, 1.82) is 0 Å². The summed E-state index contributed by atoms with van der Waals surface area (Å²) in [5.74, 6) is -2.42. The second kappa shape index (κ2) is 5.60. The van der Waals surface area contributed by atoms with Gasteiger partial charge in [0.15, 0.2) is 5.78 Å². The van der Waals surface area contributed by atoms with E-state index < -0.39 is 28.0 Å². The number of carbonyl (C=O) groups is 1. The van der Waals surface area contributed by atoms with Gasteiger partial charge in [-0.2, -0.15) is 0 Å². The molecule has 1 nitrogen and oxygen atoms in total. The maximum absolute atomic E-state index is 13.7. The van der Waals surface area contributed by atoms with Gasteiger partial charge in [-0.15, -0.1) is 10.5 Å². The lowest BCUT2D eigenvalue weighted by atomic mass is 9.90. The van der Waals surface area contributed by atoms with Crippen molar-refractivity contribution in [3.63, 3.8) is 0 Å². The Morgan fingerprint density at radius 2 is 1.58 bits per heavy atom. The first-order chi connectivity index (χ1) is 11.5. The van der Waals surface area contributed by atoms with Crippen molar-refractivity contribution in [2.24, 2.45) is 5.92 Å². The van der Waals surface area contributed by atoms with Gasteiger partial charge < -0.3 is 0 Å². The first-order valence-electron chi connectivity index (χ1n) is 7.30. The standard InChI is InChI=1S/C19H11F3OS/c20-11-1-5-14(6-2-11)24-17-7-3-12(21)9-15(17)19(23)16-10-13(22)4-8-18(16)24/h1-10,15H. The molecule has 0 amide bonds. The Labute approximate surface area is 139 Å². The monoisotopic (exact) mass is 344 g/mol. The number of fused-ring (bicyclic) bond motifs is 2. The summed E-state index contributed by atoms with van der Waals surface area (Å²) < 4.78 is 40.6. The van der Waals surface area contributed by atoms with Crippen LogP contribution in [-0.4, -0.2) is 10.6 Å². The molecule has 24 heavy (non-hydrogen) atoms. The molecule has 1 heterocycles. The third-order valence-corrected chi connectivity index (χ3v) is 6.43. The molecule has 2 aromatic rings. The van der Waals surface area contributed by atoms with E-state index >= 15 is 0 Å². The van der Waals surface area contributed by atoms with Gasteiger partial charge in [-0.1, -0.05) is 0 Å². The summed E-state index contributed by atoms with van der Waals surface area (Å²) in [5.41, 5.74) is 0.260. The molecule has 5 heteroatoms. The summed E-state index contributed by atoms with van der Waals surface area (Å²) >= 11 is 0. The Hall–Kier alpha value is -2.40. The second-order valence-corrected chi connectivity index (χ2v) is 7.52. The van der Waals surface area contributed by atoms with Crippen molar-refractivity contribution >= 4 is 21.1 Å². The summed E-state index contributed by atoms with van der Waals surface area (Å²) in [5, 5.41) is 0. The number of hydrogen-bond donors (Lipinski definition) is 0. The Balaban J connectivity index is 2.03. The van der Waals surface area contributed by atoms with Crippen LogP contribution in [0.25, 0.3) is 0 Å². The molecule has 0 aromatic heterocycles. The van der Waals surface area contributed by atoms with Crippen molar-refractivity contribution < 1.29 is 18.0 Å². The molecule has 0 radical (unpaired) electrons. The predicted octanol–water partition coefficient (Wildman–Crippen LogP) is 5.06. The van der Waals surface area contributed by atoms with Crippen LogP contribution >= 0.6 is 10.5 Å². The molecule has 0 bridgehead atoms. The van der Waals surface area contributed by atoms with E-state index in [9.17, 15) is 18.0 Å². The summed E-state index contributed by atoms with van der Waals surface area (Å²) in [6.07, 6.45) is 4.18. The number of carbonyl (C=O) groups excluding carboxylic acids is 1. The van der Waals surface area contributed by atoms with Crippen LogP contribution in [0.2, 0.25) is 0 Å². The Kier molecular flexibility index (Phi) is 3.53. The smallest absolute Gasteiger partial charge is 0.175 e. The fraction of sp³-hybridized carbons (Fsp3) is 0.0526. The summed E-state index contributed by atoms with van der Waals surface area (Å²) in [7, 11) is -0.687. The molecular weight excluding hydrogens is 333 g/mol. The van der Waals surface area contributed by atoms with Gasteiger partial charge in [0.1, 0.15) is 17.5 Å². The third kappa shape index (κ3) is 2.36. The van der Waals surface area contributed by atoms with E-state index in [1.807, 2.05) is 0 Å². The van der Waals surface area contributed by atoms with Gasteiger partial charge in [-0.3, -0.25) is 4.79 Å². The molecule has 2 atom stereocenters. The Bertz CT molecular complexity index is 955. The lowest BCUT2D eigenvalue weighted by Gasteiger charge is -2.29. The lowest BCUT2D eigenvalue weighted by molar-refractivity contribution is 0.0968. The zero-order chi connectivity index (χ0) is 16.8. The summed E-state index contributed by atoms with van der Waals surface area (Å²) in [6.45, 7) is 0. The minimum atomic E-state index is -0.752. The fourth-order valence-electron chi connectivity index (χ4n) is 2.96. The van der Waals surface area contributed by atoms with Crippen LogP contribution in [-0.2, 0) is 0 Å². The molecule has 4 rings (SSSR count).